The summed E-state index contributed by atoms with van der Waals surface area (Å²) in [7, 11) is 0. The van der Waals surface area contributed by atoms with Gasteiger partial charge in [-0.3, -0.25) is 24.0 Å². The van der Waals surface area contributed by atoms with Crippen LogP contribution < -0.4 is 26.6 Å². The molecule has 10 heterocycles. The van der Waals surface area contributed by atoms with Gasteiger partial charge >= 0.3 is 0 Å². The van der Waals surface area contributed by atoms with E-state index in [1.54, 1.807) is 0 Å². The Balaban J connectivity index is 0.956. The molecule has 10 aliphatic heterocycles. The summed E-state index contributed by atoms with van der Waals surface area (Å²) in [4.78, 5) is 65.0. The van der Waals surface area contributed by atoms with Crippen LogP contribution in [0.3, 0.4) is 0 Å². The van der Waals surface area contributed by atoms with Crippen LogP contribution in [0.25, 0.3) is 0 Å². The molecule has 0 unspecified atom stereocenters. The Morgan fingerprint density at radius 3 is 0.836 bits per heavy atom. The largest absolute Gasteiger partial charge is 0.394 e. The number of amides is 5. The minimum atomic E-state index is -2.64. The molecule has 0 aromatic rings. The molecule has 776 valence electrons. The molecule has 134 heavy (non-hydrogen) atoms. The van der Waals surface area contributed by atoms with Crippen LogP contribution in [-0.2, 0) is 119 Å². The Hall–Kier alpha value is -4.57. The van der Waals surface area contributed by atoms with Crippen LogP contribution in [0.4, 0.5) is 0 Å². The first-order valence-electron chi connectivity index (χ1n) is 43.1. The summed E-state index contributed by atoms with van der Waals surface area (Å²) in [6, 6.07) is -9.70. The van der Waals surface area contributed by atoms with E-state index in [1.165, 1.54) is 20.8 Å². The Labute approximate surface area is 761 Å². The number of hydrogen-bond donors (Lipinski definition) is 33. The van der Waals surface area contributed by atoms with Crippen LogP contribution in [0.15, 0.2) is 0 Å². The van der Waals surface area contributed by atoms with Crippen LogP contribution in [0.1, 0.15) is 55.4 Å². The molecule has 0 radical (unpaired) electrons. The van der Waals surface area contributed by atoms with Gasteiger partial charge in [0, 0.05) is 34.6 Å². The third-order valence-corrected chi connectivity index (χ3v) is 24.5. The number of nitrogens with one attached hydrogen (secondary N) is 5. The quantitative estimate of drug-likeness (QED) is 0.0275. The van der Waals surface area contributed by atoms with Crippen molar-refractivity contribution >= 4 is 29.5 Å². The molecule has 10 aliphatic rings. The number of aliphatic hydroxyl groups excluding tert-OH is 28. The first-order chi connectivity index (χ1) is 63.2. The molecule has 33 N–H and O–H groups in total. The van der Waals surface area contributed by atoms with Gasteiger partial charge in [0.1, 0.15) is 244 Å². The van der Waals surface area contributed by atoms with E-state index in [9.17, 15) is 167 Å². The molecule has 0 spiro atoms. The van der Waals surface area contributed by atoms with E-state index in [0.717, 1.165) is 34.6 Å². The molecular weight excluding hydrogens is 1830 g/mol. The first kappa shape index (κ1) is 111. The van der Waals surface area contributed by atoms with Crippen LogP contribution >= 0.6 is 0 Å². The van der Waals surface area contributed by atoms with Crippen molar-refractivity contribution in [3.05, 3.63) is 0 Å². The predicted octanol–water partition coefficient (Wildman–Crippen LogP) is -21.5. The van der Waals surface area contributed by atoms with Crippen molar-refractivity contribution < 1.29 is 262 Å². The highest BCUT2D eigenvalue weighted by Crippen LogP contribution is 2.42. The second kappa shape index (κ2) is 48.9. The van der Waals surface area contributed by atoms with Crippen molar-refractivity contribution in [1.82, 2.24) is 26.6 Å². The maximum absolute atomic E-state index is 13.5. The smallest absolute Gasteiger partial charge is 0.217 e. The van der Waals surface area contributed by atoms with E-state index in [-0.39, 0.29) is 0 Å². The van der Waals surface area contributed by atoms with Gasteiger partial charge in [-0.25, -0.2) is 0 Å². The number of aliphatic hydroxyl groups is 28. The van der Waals surface area contributed by atoms with Crippen LogP contribution in [-0.4, -0.2) is 563 Å². The third kappa shape index (κ3) is 25.2. The number of rotatable bonds is 37. The SMILES string of the molecule is CC(=O)N[C@H]1[C@H](OC[C@@H](O)[C@H](O)[C@H](O[C@@H]2O[C@H](CO)[C@H](O)[C@H](O[C@@H]3O[C@H](CO)[C@@H](O[C@@H]4O[C@H](CO)[C@H](O)[C@H](O[C@H]5O[C@H](CO)[C@H](O)[C@H](O)[C@H]5NC(C)=O)[C@H]4O[C@@H]4O[C@@H](C)[C@@H](O)[C@@H](O)[C@@H]4O)[C@H](O)[C@H]3NC(C)=O)[C@H]2O[C@@H]2O[C@@H](C)[C@@H](O)[C@@H](O)[C@@H]2O)[C@H](CO)NC(C)=O)O[C@H](CO)[C@@H](O[C@@H]2O[C@H](CO)[C@H](O)[C@H](O[C@H]3O[C@H](CO)[C@H](O)[C@H](O)[C@H]3NC(C)=O)[C@H]2O[C@@H]2O[C@@H](C)[C@@H](O)[C@@H](O)[C@@H]2O)[C@@H]1O. The van der Waals surface area contributed by atoms with E-state index < -0.39 is 420 Å². The average molecular weight is 1960 g/mol. The number of hydrogen-bond acceptors (Lipinski definition) is 53. The maximum Gasteiger partial charge on any atom is 0.217 e. The lowest BCUT2D eigenvalue weighted by atomic mass is 9.93. The van der Waals surface area contributed by atoms with Gasteiger partial charge in [-0.15, -0.1) is 0 Å². The van der Waals surface area contributed by atoms with Crippen molar-refractivity contribution in [1.29, 1.82) is 0 Å². The summed E-state index contributed by atoms with van der Waals surface area (Å²) < 4.78 is 122. The highest BCUT2D eigenvalue weighted by molar-refractivity contribution is 5.75. The molecule has 10 rings (SSSR count). The summed E-state index contributed by atoms with van der Waals surface area (Å²) >= 11 is 0. The molecule has 0 aromatic heterocycles. The molecule has 54 atom stereocenters. The van der Waals surface area contributed by atoms with Crippen molar-refractivity contribution in [3.8, 4) is 0 Å². The fraction of sp³-hybridized carbons (Fsp3) is 0.934. The molecule has 0 aromatic carbocycles. The van der Waals surface area contributed by atoms with Crippen molar-refractivity contribution in [2.24, 2.45) is 0 Å². The van der Waals surface area contributed by atoms with E-state index in [1.807, 2.05) is 0 Å². The fourth-order valence-corrected chi connectivity index (χ4v) is 17.2. The topological polar surface area (TPSA) is 897 Å². The highest BCUT2D eigenvalue weighted by Gasteiger charge is 2.63. The van der Waals surface area contributed by atoms with Gasteiger partial charge in [0.2, 0.25) is 29.5 Å². The molecule has 10 fully saturated rings. The normalized spacial score (nSPS) is 47.3. The summed E-state index contributed by atoms with van der Waals surface area (Å²) in [5.41, 5.74) is 0. The highest BCUT2D eigenvalue weighted by atomic mass is 16.8. The second-order valence-corrected chi connectivity index (χ2v) is 34.2. The molecule has 58 heteroatoms. The summed E-state index contributed by atoms with van der Waals surface area (Å²) in [5.74, 6) is -4.79. The van der Waals surface area contributed by atoms with Gasteiger partial charge in [-0.1, -0.05) is 0 Å². The summed E-state index contributed by atoms with van der Waals surface area (Å²) in [6.07, 6.45) is -103. The lowest BCUT2D eigenvalue weighted by Crippen LogP contribution is -2.71. The van der Waals surface area contributed by atoms with Crippen LogP contribution in [0.2, 0.25) is 0 Å². The Morgan fingerprint density at radius 2 is 0.530 bits per heavy atom. The molecule has 10 saturated heterocycles. The third-order valence-electron chi connectivity index (χ3n) is 24.5. The molecule has 0 saturated carbocycles. The van der Waals surface area contributed by atoms with Gasteiger partial charge in [0.05, 0.1) is 83.8 Å². The van der Waals surface area contributed by atoms with Gasteiger partial charge in [0.15, 0.2) is 62.9 Å². The zero-order valence-corrected chi connectivity index (χ0v) is 73.3. The van der Waals surface area contributed by atoms with Gasteiger partial charge < -0.3 is 264 Å². The molecule has 58 nitrogen and oxygen atoms in total. The van der Waals surface area contributed by atoms with Gasteiger partial charge in [0.25, 0.3) is 0 Å². The van der Waals surface area contributed by atoms with Crippen LogP contribution in [0, 0.1) is 0 Å². The van der Waals surface area contributed by atoms with E-state index in [0.29, 0.717) is 0 Å². The maximum atomic E-state index is 13.5. The summed E-state index contributed by atoms with van der Waals surface area (Å²) in [5, 5.41) is 328. The zero-order valence-electron chi connectivity index (χ0n) is 73.3. The molecule has 0 bridgehead atoms. The van der Waals surface area contributed by atoms with Gasteiger partial charge in [-0.2, -0.15) is 0 Å². The van der Waals surface area contributed by atoms with E-state index in [2.05, 4.69) is 26.6 Å². The Kier molecular flexibility index (Phi) is 40.7. The number of carbonyl (C=O) groups is 5. The van der Waals surface area contributed by atoms with E-state index in [4.69, 9.17) is 94.7 Å². The zero-order chi connectivity index (χ0) is 99.1. The van der Waals surface area contributed by atoms with Crippen molar-refractivity contribution in [3.63, 3.8) is 0 Å². The standard InChI is InChI=1S/C76H129N5O53/c1-18-39(96)52(109)55(112)71(116-18)132-64-61(131-70-38(81-25(8)94)51(108)60(34(16-89)125-70)128-76-66(134-73-57(114)54(111)41(98)20(3)118-73)63(47(104)32(14-87)123-76)130-69-36(79-23(6)92)49(106)44(101)29(11-84)120-69)45(102)30(12-85)121-74(64)126-58(26(9-82)77-21(4)90)42(99)27(95)17-115-67-37(80-24(7)93)50(107)59(33(15-88)124-67)127-75-65(133-72-56(113)53(110)40(97)19(2)117-72)62(46(103)31(13-86)122-75)129-68-35(78-22(5)91)48(105)43(100)28(10-83)119-68/h18-20,26-76,82-89,95-114H,9-17H2,1-8H3,(H,77,90)(H,78,91)(H,79,92)(H,80,93)(H,81,94)/t18-,19-,20-,26-,27+,28+,29+,30+,31+,32+,33+,34+,35+,36+,37+,38+,39+,40+,41+,42-,43-,44-,45-,46-,47-,48+,49+,50+,51+,52+,53+,54+,55-,56-,57-,58+,59+,60+,61-,62-,63-,64+,65+,66+,67+,68+,69+,70-,71-,72-,73-,74-,75-,76-/m0/s1. The lowest BCUT2D eigenvalue weighted by molar-refractivity contribution is -0.406. The second-order valence-electron chi connectivity index (χ2n) is 34.2. The van der Waals surface area contributed by atoms with Crippen molar-refractivity contribution in [2.75, 3.05) is 59.5 Å². The monoisotopic (exact) mass is 1960 g/mol. The minimum Gasteiger partial charge on any atom is -0.394 e. The van der Waals surface area contributed by atoms with Gasteiger partial charge in [-0.05, 0) is 20.8 Å². The minimum absolute atomic E-state index is 0.856. The Bertz CT molecular complexity index is 3670. The van der Waals surface area contributed by atoms with E-state index >= 15 is 0 Å². The molecule has 5 amide bonds. The summed E-state index contributed by atoms with van der Waals surface area (Å²) in [6.45, 7) is -2.47. The number of carbonyl (C=O) groups excluding carboxylic acids is 5. The lowest BCUT2D eigenvalue weighted by Gasteiger charge is -2.52. The average Bonchev–Trinajstić information content (AvgIpc) is 0.754. The first-order valence-corrected chi connectivity index (χ1v) is 43.1. The molecular formula is C76H129N5O53. The fourth-order valence-electron chi connectivity index (χ4n) is 17.2. The molecule has 0 aliphatic carbocycles. The van der Waals surface area contributed by atoms with Crippen LogP contribution in [0.5, 0.6) is 0 Å². The number of ether oxygens (including phenoxy) is 20. The Morgan fingerprint density at radius 1 is 0.269 bits per heavy atom. The predicted molar refractivity (Wildman–Crippen MR) is 418 cm³/mol. The van der Waals surface area contributed by atoms with Crippen molar-refractivity contribution in [2.45, 2.75) is 387 Å².